The molecule has 1 aromatic rings. The van der Waals surface area contributed by atoms with E-state index in [9.17, 15) is 9.59 Å². The summed E-state index contributed by atoms with van der Waals surface area (Å²) < 4.78 is 11.0. The molecule has 0 radical (unpaired) electrons. The van der Waals surface area contributed by atoms with Gasteiger partial charge in [-0.05, 0) is 48.7 Å². The number of hydrogen-bond acceptors (Lipinski definition) is 5. The summed E-state index contributed by atoms with van der Waals surface area (Å²) in [5, 5.41) is 8.72. The molecule has 0 aliphatic carbocycles. The van der Waals surface area contributed by atoms with Gasteiger partial charge in [-0.25, -0.2) is 0 Å². The summed E-state index contributed by atoms with van der Waals surface area (Å²) in [5.41, 5.74) is 1.70. The van der Waals surface area contributed by atoms with Gasteiger partial charge in [-0.3, -0.25) is 9.59 Å². The molecule has 0 atom stereocenters. The van der Waals surface area contributed by atoms with Crippen LogP contribution in [0.5, 0.6) is 0 Å². The predicted octanol–water partition coefficient (Wildman–Crippen LogP) is 4.57. The van der Waals surface area contributed by atoms with Gasteiger partial charge < -0.3 is 14.3 Å². The zero-order valence-electron chi connectivity index (χ0n) is 18.0. The lowest BCUT2D eigenvalue weighted by atomic mass is 10.1. The van der Waals surface area contributed by atoms with Gasteiger partial charge in [0.25, 0.3) is 8.32 Å². The van der Waals surface area contributed by atoms with Crippen molar-refractivity contribution in [1.29, 1.82) is 0 Å². The molecule has 1 rings (SSSR count). The summed E-state index contributed by atoms with van der Waals surface area (Å²) in [7, 11) is -1.92. The number of esters is 1. The molecule has 0 saturated carbocycles. The Morgan fingerprint density at radius 1 is 0.966 bits per heavy atom. The topological polar surface area (TPSA) is 72.8 Å². The molecule has 0 saturated heterocycles. The molecular weight excluding hydrogens is 384 g/mol. The Bertz CT molecular complexity index is 675. The Hall–Kier alpha value is -2.10. The number of ether oxygens (including phenoxy) is 1. The summed E-state index contributed by atoms with van der Waals surface area (Å²) in [5.74, 6) is 5.43. The van der Waals surface area contributed by atoms with Crippen molar-refractivity contribution in [3.05, 3.63) is 35.4 Å². The van der Waals surface area contributed by atoms with Gasteiger partial charge in [-0.15, -0.1) is 0 Å². The predicted molar refractivity (Wildman–Crippen MR) is 117 cm³/mol. The van der Waals surface area contributed by atoms with E-state index in [0.29, 0.717) is 12.8 Å². The van der Waals surface area contributed by atoms with Crippen molar-refractivity contribution in [3.8, 4) is 11.8 Å². The Balaban J connectivity index is 2.43. The smallest absolute Gasteiger partial charge is 0.306 e. The molecule has 29 heavy (non-hydrogen) atoms. The first-order chi connectivity index (χ1) is 14.0. The van der Waals surface area contributed by atoms with Gasteiger partial charge in [-0.2, -0.15) is 0 Å². The molecule has 0 amide bonds. The lowest BCUT2D eigenvalue weighted by Crippen LogP contribution is -2.38. The second kappa shape index (κ2) is 14.0. The van der Waals surface area contributed by atoms with E-state index in [-0.39, 0.29) is 31.6 Å². The summed E-state index contributed by atoms with van der Waals surface area (Å²) in [6, 6.07) is 10.3. The highest BCUT2D eigenvalue weighted by molar-refractivity contribution is 6.74. The molecule has 0 heterocycles. The number of aliphatic hydroxyl groups excluding tert-OH is 1. The fourth-order valence-corrected chi connectivity index (χ4v) is 5.43. The van der Waals surface area contributed by atoms with Crippen molar-refractivity contribution >= 4 is 20.3 Å². The lowest BCUT2D eigenvalue weighted by molar-refractivity contribution is -0.145. The highest BCUT2D eigenvalue weighted by atomic mass is 28.4. The van der Waals surface area contributed by atoms with Crippen LogP contribution < -0.4 is 0 Å². The fraction of sp³-hybridized carbons (Fsp3) is 0.565. The van der Waals surface area contributed by atoms with Gasteiger partial charge in [0.2, 0.25) is 0 Å². The van der Waals surface area contributed by atoms with Gasteiger partial charge in [0.15, 0.2) is 0 Å². The largest absolute Gasteiger partial charge is 0.518 e. The van der Waals surface area contributed by atoms with Crippen molar-refractivity contribution in [2.75, 3.05) is 6.61 Å². The van der Waals surface area contributed by atoms with E-state index in [0.717, 1.165) is 42.1 Å². The number of hydrogen-bond donors (Lipinski definition) is 1. The molecule has 0 aromatic heterocycles. The highest BCUT2D eigenvalue weighted by Crippen LogP contribution is 2.22. The van der Waals surface area contributed by atoms with Gasteiger partial charge in [-0.1, -0.05) is 51.2 Å². The van der Waals surface area contributed by atoms with Crippen LogP contribution in [-0.2, 0) is 25.4 Å². The zero-order valence-corrected chi connectivity index (χ0v) is 19.0. The van der Waals surface area contributed by atoms with E-state index in [1.54, 1.807) is 0 Å². The fourth-order valence-electron chi connectivity index (χ4n) is 2.94. The minimum Gasteiger partial charge on any atom is -0.518 e. The standard InChI is InChI=1S/C23H34O5Si/c1-4-29(5-2,6-3)28-23(26)13-10-11-20-14-16-21(17-15-20)19-27-22(25)12-8-7-9-18-24/h14-17,24H,4-9,12-13,18-19H2,1-3H3. The molecule has 1 N–H and O–H groups in total. The summed E-state index contributed by atoms with van der Waals surface area (Å²) in [6.07, 6.45) is 2.74. The molecular formula is C23H34O5Si. The van der Waals surface area contributed by atoms with Gasteiger partial charge in [0, 0.05) is 18.6 Å². The van der Waals surface area contributed by atoms with Crippen molar-refractivity contribution in [3.63, 3.8) is 0 Å². The number of rotatable bonds is 12. The van der Waals surface area contributed by atoms with Crippen LogP contribution in [0.25, 0.3) is 0 Å². The van der Waals surface area contributed by atoms with Crippen LogP contribution in [0, 0.1) is 11.8 Å². The van der Waals surface area contributed by atoms with Crippen molar-refractivity contribution < 1.29 is 23.9 Å². The van der Waals surface area contributed by atoms with Gasteiger partial charge in [0.05, 0.1) is 0 Å². The second-order valence-electron chi connectivity index (χ2n) is 7.09. The third kappa shape index (κ3) is 9.77. The van der Waals surface area contributed by atoms with Crippen LogP contribution in [0.1, 0.15) is 64.0 Å². The zero-order chi connectivity index (χ0) is 21.5. The van der Waals surface area contributed by atoms with E-state index >= 15 is 0 Å². The minimum absolute atomic E-state index is 0.102. The van der Waals surface area contributed by atoms with E-state index in [1.807, 2.05) is 24.3 Å². The maximum absolute atomic E-state index is 12.1. The highest BCUT2D eigenvalue weighted by Gasteiger charge is 2.32. The van der Waals surface area contributed by atoms with Crippen molar-refractivity contribution in [2.24, 2.45) is 0 Å². The molecule has 1 aromatic carbocycles. The average Bonchev–Trinajstić information content (AvgIpc) is 2.74. The molecule has 6 heteroatoms. The van der Waals surface area contributed by atoms with E-state index < -0.39 is 8.32 Å². The summed E-state index contributed by atoms with van der Waals surface area (Å²) in [6.45, 7) is 6.66. The maximum atomic E-state index is 12.1. The quantitative estimate of drug-likeness (QED) is 0.233. The Morgan fingerprint density at radius 3 is 2.21 bits per heavy atom. The van der Waals surface area contributed by atoms with E-state index in [4.69, 9.17) is 14.3 Å². The number of benzene rings is 1. The third-order valence-corrected chi connectivity index (χ3v) is 9.65. The van der Waals surface area contributed by atoms with Crippen molar-refractivity contribution in [2.45, 2.75) is 77.6 Å². The summed E-state index contributed by atoms with van der Waals surface area (Å²) in [4.78, 5) is 23.8. The molecule has 0 spiro atoms. The Kier molecular flexibility index (Phi) is 12.0. The van der Waals surface area contributed by atoms with E-state index in [2.05, 4.69) is 32.6 Å². The number of unbranched alkanes of at least 4 members (excludes halogenated alkanes) is 2. The molecule has 0 unspecified atom stereocenters. The first kappa shape index (κ1) is 24.9. The lowest BCUT2D eigenvalue weighted by Gasteiger charge is -2.27. The molecule has 5 nitrogen and oxygen atoms in total. The normalized spacial score (nSPS) is 10.8. The summed E-state index contributed by atoms with van der Waals surface area (Å²) >= 11 is 0. The van der Waals surface area contributed by atoms with Crippen LogP contribution in [0.3, 0.4) is 0 Å². The molecule has 0 aliphatic rings. The Labute approximate surface area is 175 Å². The van der Waals surface area contributed by atoms with Crippen LogP contribution in [0.15, 0.2) is 24.3 Å². The van der Waals surface area contributed by atoms with E-state index in [1.165, 1.54) is 0 Å². The van der Waals surface area contributed by atoms with Crippen LogP contribution in [-0.4, -0.2) is 32.0 Å². The molecule has 160 valence electrons. The van der Waals surface area contributed by atoms with Crippen LogP contribution >= 0.6 is 0 Å². The minimum atomic E-state index is -1.92. The Morgan fingerprint density at radius 2 is 1.62 bits per heavy atom. The maximum Gasteiger partial charge on any atom is 0.306 e. The average molecular weight is 419 g/mol. The third-order valence-electron chi connectivity index (χ3n) is 5.12. The molecule has 0 aliphatic heterocycles. The first-order valence-electron chi connectivity index (χ1n) is 10.5. The SMILES string of the molecule is CC[Si](CC)(CC)OC(=O)CC#Cc1ccc(COC(=O)CCCCCO)cc1. The van der Waals surface area contributed by atoms with Crippen LogP contribution in [0.2, 0.25) is 18.1 Å². The number of carbonyl (C=O) groups excluding carboxylic acids is 2. The number of carbonyl (C=O) groups is 2. The van der Waals surface area contributed by atoms with Gasteiger partial charge >= 0.3 is 11.9 Å². The molecule has 0 fully saturated rings. The number of aliphatic hydroxyl groups is 1. The second-order valence-corrected chi connectivity index (χ2v) is 11.8. The monoisotopic (exact) mass is 418 g/mol. The van der Waals surface area contributed by atoms with Gasteiger partial charge in [0.1, 0.15) is 13.0 Å². The first-order valence-corrected chi connectivity index (χ1v) is 13.1. The van der Waals surface area contributed by atoms with Crippen molar-refractivity contribution in [1.82, 2.24) is 0 Å². The molecule has 0 bridgehead atoms. The van der Waals surface area contributed by atoms with Crippen LogP contribution in [0.4, 0.5) is 0 Å².